The fraction of sp³-hybridized carbons (Fsp3) is 1.00. The first-order chi connectivity index (χ1) is 9.51. The molecule has 0 aromatic carbocycles. The molecule has 1 N–H and O–H groups in total. The van der Waals surface area contributed by atoms with Crippen LogP contribution in [0.15, 0.2) is 0 Å². The molecular formula is C16H32N2O2. The predicted molar refractivity (Wildman–Crippen MR) is 82.0 cm³/mol. The Balaban J connectivity index is 1.90. The molecule has 0 saturated carbocycles. The molecule has 118 valence electrons. The van der Waals surface area contributed by atoms with Crippen molar-refractivity contribution in [3.63, 3.8) is 0 Å². The van der Waals surface area contributed by atoms with Gasteiger partial charge in [0.15, 0.2) is 0 Å². The molecule has 0 radical (unpaired) electrons. The van der Waals surface area contributed by atoms with Gasteiger partial charge in [0.05, 0.1) is 19.3 Å². The lowest BCUT2D eigenvalue weighted by Crippen LogP contribution is -2.53. The first-order valence-corrected chi connectivity index (χ1v) is 8.15. The van der Waals surface area contributed by atoms with Gasteiger partial charge in [-0.15, -0.1) is 0 Å². The highest BCUT2D eigenvalue weighted by molar-refractivity contribution is 4.91. The van der Waals surface area contributed by atoms with Crippen LogP contribution in [0.25, 0.3) is 0 Å². The average molecular weight is 284 g/mol. The van der Waals surface area contributed by atoms with Crippen LogP contribution in [0.5, 0.6) is 0 Å². The van der Waals surface area contributed by atoms with Crippen molar-refractivity contribution in [3.05, 3.63) is 0 Å². The third kappa shape index (κ3) is 4.42. The van der Waals surface area contributed by atoms with E-state index < -0.39 is 0 Å². The zero-order chi connectivity index (χ0) is 14.6. The van der Waals surface area contributed by atoms with E-state index in [1.807, 2.05) is 0 Å². The van der Waals surface area contributed by atoms with Crippen molar-refractivity contribution >= 4 is 0 Å². The van der Waals surface area contributed by atoms with Crippen LogP contribution >= 0.6 is 0 Å². The summed E-state index contributed by atoms with van der Waals surface area (Å²) in [5.41, 5.74) is 0.292. The van der Waals surface area contributed by atoms with E-state index in [0.29, 0.717) is 23.5 Å². The summed E-state index contributed by atoms with van der Waals surface area (Å²) in [6.45, 7) is 16.0. The molecule has 2 fully saturated rings. The van der Waals surface area contributed by atoms with E-state index >= 15 is 0 Å². The molecule has 4 nitrogen and oxygen atoms in total. The minimum absolute atomic E-state index is 0.292. The van der Waals surface area contributed by atoms with E-state index in [-0.39, 0.29) is 0 Å². The maximum Gasteiger partial charge on any atom is 0.0674 e. The Morgan fingerprint density at radius 3 is 2.80 bits per heavy atom. The third-order valence-corrected chi connectivity index (χ3v) is 4.51. The van der Waals surface area contributed by atoms with Gasteiger partial charge < -0.3 is 14.8 Å². The topological polar surface area (TPSA) is 33.7 Å². The normalized spacial score (nSPS) is 35.9. The zero-order valence-electron chi connectivity index (χ0n) is 13.7. The Labute approximate surface area is 124 Å². The molecule has 3 atom stereocenters. The number of nitrogens with one attached hydrogen (secondary N) is 1. The standard InChI is InChI=1S/C16H32N2O2/c1-13(2)7-17-10-16(5-6-19-12-16)11-18-8-15(4)20-9-14(18)3/h13-15,17H,5-12H2,1-4H3. The summed E-state index contributed by atoms with van der Waals surface area (Å²) in [6.07, 6.45) is 1.53. The van der Waals surface area contributed by atoms with Crippen molar-refractivity contribution in [2.75, 3.05) is 46.0 Å². The molecule has 2 saturated heterocycles. The fourth-order valence-corrected chi connectivity index (χ4v) is 3.22. The molecule has 4 heteroatoms. The molecule has 0 aliphatic carbocycles. The third-order valence-electron chi connectivity index (χ3n) is 4.51. The number of hydrogen-bond donors (Lipinski definition) is 1. The van der Waals surface area contributed by atoms with Crippen LogP contribution in [0.4, 0.5) is 0 Å². The maximum absolute atomic E-state index is 5.74. The summed E-state index contributed by atoms with van der Waals surface area (Å²) in [5, 5.41) is 3.65. The number of nitrogens with zero attached hydrogens (tertiary/aromatic N) is 1. The summed E-state index contributed by atoms with van der Waals surface area (Å²) in [4.78, 5) is 2.60. The Morgan fingerprint density at radius 1 is 1.35 bits per heavy atom. The van der Waals surface area contributed by atoms with Gasteiger partial charge >= 0.3 is 0 Å². The van der Waals surface area contributed by atoms with Crippen LogP contribution < -0.4 is 5.32 Å². The summed E-state index contributed by atoms with van der Waals surface area (Å²) in [5.74, 6) is 0.705. The predicted octanol–water partition coefficient (Wildman–Crippen LogP) is 1.75. The molecule has 0 bridgehead atoms. The van der Waals surface area contributed by atoms with Gasteiger partial charge in [0, 0.05) is 37.7 Å². The van der Waals surface area contributed by atoms with Crippen molar-refractivity contribution < 1.29 is 9.47 Å². The van der Waals surface area contributed by atoms with Crippen molar-refractivity contribution in [1.29, 1.82) is 0 Å². The van der Waals surface area contributed by atoms with Crippen LogP contribution in [0.1, 0.15) is 34.1 Å². The van der Waals surface area contributed by atoms with Crippen LogP contribution in [-0.2, 0) is 9.47 Å². The van der Waals surface area contributed by atoms with Gasteiger partial charge in [0.1, 0.15) is 0 Å². The van der Waals surface area contributed by atoms with Crippen LogP contribution in [-0.4, -0.2) is 63.0 Å². The summed E-state index contributed by atoms with van der Waals surface area (Å²) < 4.78 is 11.5. The zero-order valence-corrected chi connectivity index (χ0v) is 13.7. The maximum atomic E-state index is 5.74. The highest BCUT2D eigenvalue weighted by Crippen LogP contribution is 2.30. The molecule has 0 aromatic heterocycles. The lowest BCUT2D eigenvalue weighted by molar-refractivity contribution is -0.0636. The Morgan fingerprint density at radius 2 is 2.15 bits per heavy atom. The van der Waals surface area contributed by atoms with Gasteiger partial charge in [-0.1, -0.05) is 13.8 Å². The van der Waals surface area contributed by atoms with Crippen molar-refractivity contribution in [2.45, 2.75) is 46.3 Å². The SMILES string of the molecule is CC(C)CNCC1(CN2CC(C)OCC2C)CCOC1. The number of ether oxygens (including phenoxy) is 2. The monoisotopic (exact) mass is 284 g/mol. The lowest BCUT2D eigenvalue weighted by atomic mass is 9.85. The van der Waals surface area contributed by atoms with E-state index in [4.69, 9.17) is 9.47 Å². The number of morpholine rings is 1. The van der Waals surface area contributed by atoms with E-state index in [9.17, 15) is 0 Å². The highest BCUT2D eigenvalue weighted by Gasteiger charge is 2.38. The second-order valence-corrected chi connectivity index (χ2v) is 7.25. The molecule has 0 spiro atoms. The van der Waals surface area contributed by atoms with Gasteiger partial charge in [-0.2, -0.15) is 0 Å². The first kappa shape index (κ1) is 16.2. The van der Waals surface area contributed by atoms with E-state index in [0.717, 1.165) is 46.0 Å². The second-order valence-electron chi connectivity index (χ2n) is 7.25. The van der Waals surface area contributed by atoms with Gasteiger partial charge in [0.2, 0.25) is 0 Å². The minimum Gasteiger partial charge on any atom is -0.381 e. The van der Waals surface area contributed by atoms with Crippen LogP contribution in [0, 0.1) is 11.3 Å². The fourth-order valence-electron chi connectivity index (χ4n) is 3.22. The summed E-state index contributed by atoms with van der Waals surface area (Å²) in [7, 11) is 0. The van der Waals surface area contributed by atoms with Crippen molar-refractivity contribution in [1.82, 2.24) is 10.2 Å². The van der Waals surface area contributed by atoms with Gasteiger partial charge in [-0.3, -0.25) is 4.90 Å². The summed E-state index contributed by atoms with van der Waals surface area (Å²) >= 11 is 0. The van der Waals surface area contributed by atoms with Gasteiger partial charge in [0.25, 0.3) is 0 Å². The Bertz CT molecular complexity index is 290. The molecule has 2 heterocycles. The quantitative estimate of drug-likeness (QED) is 0.806. The minimum atomic E-state index is 0.292. The van der Waals surface area contributed by atoms with Crippen molar-refractivity contribution in [3.8, 4) is 0 Å². The molecular weight excluding hydrogens is 252 g/mol. The molecule has 0 amide bonds. The molecule has 0 aromatic rings. The molecule has 20 heavy (non-hydrogen) atoms. The van der Waals surface area contributed by atoms with Crippen molar-refractivity contribution in [2.24, 2.45) is 11.3 Å². The smallest absolute Gasteiger partial charge is 0.0674 e. The molecule has 2 aliphatic heterocycles. The largest absolute Gasteiger partial charge is 0.381 e. The molecule has 2 rings (SSSR count). The van der Waals surface area contributed by atoms with E-state index in [2.05, 4.69) is 37.9 Å². The second kappa shape index (κ2) is 7.21. The Kier molecular flexibility index (Phi) is 5.84. The van der Waals surface area contributed by atoms with Gasteiger partial charge in [-0.05, 0) is 32.7 Å². The summed E-state index contributed by atoms with van der Waals surface area (Å²) in [6, 6.07) is 0.522. The lowest BCUT2D eigenvalue weighted by Gasteiger charge is -2.42. The van der Waals surface area contributed by atoms with Gasteiger partial charge in [-0.25, -0.2) is 0 Å². The first-order valence-electron chi connectivity index (χ1n) is 8.15. The molecule has 2 aliphatic rings. The average Bonchev–Trinajstić information content (AvgIpc) is 2.82. The Hall–Kier alpha value is -0.160. The van der Waals surface area contributed by atoms with E-state index in [1.54, 1.807) is 0 Å². The number of rotatable bonds is 6. The van der Waals surface area contributed by atoms with Crippen LogP contribution in [0.3, 0.4) is 0 Å². The molecule has 3 unspecified atom stereocenters. The van der Waals surface area contributed by atoms with E-state index in [1.165, 1.54) is 6.42 Å². The van der Waals surface area contributed by atoms with Crippen LogP contribution in [0.2, 0.25) is 0 Å². The number of hydrogen-bond acceptors (Lipinski definition) is 4. The highest BCUT2D eigenvalue weighted by atomic mass is 16.5.